The highest BCUT2D eigenvalue weighted by Gasteiger charge is 2.34. The zero-order valence-corrected chi connectivity index (χ0v) is 10.6. The molecule has 0 saturated heterocycles. The first kappa shape index (κ1) is 11.0. The van der Waals surface area contributed by atoms with E-state index in [-0.39, 0.29) is 0 Å². The highest BCUT2D eigenvalue weighted by molar-refractivity contribution is 5.22. The molecule has 0 saturated carbocycles. The van der Waals surface area contributed by atoms with E-state index in [1.165, 1.54) is 19.3 Å². The first-order valence-corrected chi connectivity index (χ1v) is 6.45. The summed E-state index contributed by atoms with van der Waals surface area (Å²) >= 11 is 0. The van der Waals surface area contributed by atoms with E-state index in [1.807, 2.05) is 0 Å². The monoisotopic (exact) mass is 204 g/mol. The van der Waals surface area contributed by atoms with Crippen molar-refractivity contribution >= 4 is 0 Å². The fourth-order valence-corrected chi connectivity index (χ4v) is 3.39. The second-order valence-electron chi connectivity index (χ2n) is 5.83. The molecule has 0 bridgehead atoms. The molecule has 0 heteroatoms. The Morgan fingerprint density at radius 2 is 1.93 bits per heavy atom. The van der Waals surface area contributed by atoms with Gasteiger partial charge in [-0.3, -0.25) is 0 Å². The van der Waals surface area contributed by atoms with Crippen LogP contribution in [-0.2, 0) is 0 Å². The summed E-state index contributed by atoms with van der Waals surface area (Å²) in [6.07, 6.45) is 8.96. The van der Waals surface area contributed by atoms with E-state index < -0.39 is 0 Å². The lowest BCUT2D eigenvalue weighted by Gasteiger charge is -2.41. The maximum atomic E-state index is 2.54. The van der Waals surface area contributed by atoms with E-state index >= 15 is 0 Å². The molecular weight excluding hydrogens is 180 g/mol. The van der Waals surface area contributed by atoms with Crippen LogP contribution in [0.15, 0.2) is 23.3 Å². The van der Waals surface area contributed by atoms with E-state index in [9.17, 15) is 0 Å². The lowest BCUT2D eigenvalue weighted by molar-refractivity contribution is 0.229. The van der Waals surface area contributed by atoms with Crippen LogP contribution < -0.4 is 0 Å². The Balaban J connectivity index is 2.26. The Bertz CT molecular complexity index is 293. The Morgan fingerprint density at radius 1 is 1.20 bits per heavy atom. The third kappa shape index (κ3) is 2.04. The molecule has 2 rings (SSSR count). The van der Waals surface area contributed by atoms with Crippen LogP contribution in [0.4, 0.5) is 0 Å². The molecule has 15 heavy (non-hydrogen) atoms. The number of hydrogen-bond acceptors (Lipinski definition) is 0. The first-order chi connectivity index (χ1) is 7.09. The van der Waals surface area contributed by atoms with Gasteiger partial charge in [-0.05, 0) is 49.9 Å². The maximum Gasteiger partial charge on any atom is -0.0130 e. The minimum atomic E-state index is 0.746. The van der Waals surface area contributed by atoms with E-state index in [1.54, 1.807) is 11.1 Å². The van der Waals surface area contributed by atoms with Crippen molar-refractivity contribution in [1.82, 2.24) is 0 Å². The molecule has 0 fully saturated rings. The molecule has 0 aromatic rings. The topological polar surface area (TPSA) is 0 Å². The van der Waals surface area contributed by atoms with Gasteiger partial charge in [0, 0.05) is 0 Å². The van der Waals surface area contributed by atoms with Crippen molar-refractivity contribution in [1.29, 1.82) is 0 Å². The van der Waals surface area contributed by atoms with Crippen molar-refractivity contribution in [2.75, 3.05) is 0 Å². The fraction of sp³-hybridized carbons (Fsp3) is 0.733. The normalized spacial score (nSPS) is 35.9. The molecule has 2 aliphatic rings. The van der Waals surface area contributed by atoms with Crippen LogP contribution in [0, 0.1) is 23.7 Å². The number of allylic oxidation sites excluding steroid dienone is 4. The third-order valence-electron chi connectivity index (χ3n) is 4.35. The van der Waals surface area contributed by atoms with E-state index in [0.717, 1.165) is 23.7 Å². The number of fused-ring (bicyclic) bond motifs is 1. The molecule has 84 valence electrons. The Morgan fingerprint density at radius 3 is 2.60 bits per heavy atom. The van der Waals surface area contributed by atoms with Crippen LogP contribution in [0.1, 0.15) is 47.0 Å². The third-order valence-corrected chi connectivity index (χ3v) is 4.35. The van der Waals surface area contributed by atoms with Crippen molar-refractivity contribution in [3.63, 3.8) is 0 Å². The molecule has 0 aromatic carbocycles. The molecule has 3 unspecified atom stereocenters. The lowest BCUT2D eigenvalue weighted by atomic mass is 9.64. The standard InChI is InChI=1S/C15H24/c1-10(2)13-8-6-12(4)14-7-5-11(3)9-15(13)14/h5,8,10,12,14-15H,6-7,9H2,1-4H3. The molecule has 0 heterocycles. The fourth-order valence-electron chi connectivity index (χ4n) is 3.39. The largest absolute Gasteiger partial charge is 0.0853 e. The molecular formula is C15H24. The first-order valence-electron chi connectivity index (χ1n) is 6.45. The summed E-state index contributed by atoms with van der Waals surface area (Å²) in [6, 6.07) is 0. The average molecular weight is 204 g/mol. The van der Waals surface area contributed by atoms with Crippen LogP contribution >= 0.6 is 0 Å². The van der Waals surface area contributed by atoms with E-state index in [0.29, 0.717) is 0 Å². The molecule has 0 aliphatic heterocycles. The van der Waals surface area contributed by atoms with Crippen LogP contribution in [0.2, 0.25) is 0 Å². The summed E-state index contributed by atoms with van der Waals surface area (Å²) in [7, 11) is 0. The second kappa shape index (κ2) is 4.15. The number of rotatable bonds is 1. The van der Waals surface area contributed by atoms with Gasteiger partial charge in [-0.25, -0.2) is 0 Å². The lowest BCUT2D eigenvalue weighted by Crippen LogP contribution is -2.30. The summed E-state index contributed by atoms with van der Waals surface area (Å²) in [4.78, 5) is 0. The summed E-state index contributed by atoms with van der Waals surface area (Å²) in [5, 5.41) is 0. The summed E-state index contributed by atoms with van der Waals surface area (Å²) in [5.41, 5.74) is 3.35. The van der Waals surface area contributed by atoms with Crippen LogP contribution in [0.25, 0.3) is 0 Å². The zero-order valence-electron chi connectivity index (χ0n) is 10.6. The maximum absolute atomic E-state index is 2.54. The van der Waals surface area contributed by atoms with Gasteiger partial charge in [0.25, 0.3) is 0 Å². The van der Waals surface area contributed by atoms with Crippen molar-refractivity contribution in [3.05, 3.63) is 23.3 Å². The van der Waals surface area contributed by atoms with Crippen molar-refractivity contribution in [2.45, 2.75) is 47.0 Å². The van der Waals surface area contributed by atoms with E-state index in [2.05, 4.69) is 39.8 Å². The predicted octanol–water partition coefficient (Wildman–Crippen LogP) is 4.58. The van der Waals surface area contributed by atoms with Crippen LogP contribution in [0.5, 0.6) is 0 Å². The quantitative estimate of drug-likeness (QED) is 0.548. The molecule has 0 amide bonds. The van der Waals surface area contributed by atoms with Crippen molar-refractivity contribution < 1.29 is 0 Å². The number of hydrogen-bond donors (Lipinski definition) is 0. The van der Waals surface area contributed by atoms with Gasteiger partial charge in [0.1, 0.15) is 0 Å². The van der Waals surface area contributed by atoms with Gasteiger partial charge in [-0.1, -0.05) is 44.1 Å². The van der Waals surface area contributed by atoms with Gasteiger partial charge in [0.2, 0.25) is 0 Å². The Hall–Kier alpha value is -0.520. The molecule has 0 N–H and O–H groups in total. The Kier molecular flexibility index (Phi) is 3.04. The summed E-state index contributed by atoms with van der Waals surface area (Å²) in [5.74, 6) is 3.42. The second-order valence-corrected chi connectivity index (χ2v) is 5.83. The predicted molar refractivity (Wildman–Crippen MR) is 66.7 cm³/mol. The average Bonchev–Trinajstić information content (AvgIpc) is 2.17. The van der Waals surface area contributed by atoms with E-state index in [4.69, 9.17) is 0 Å². The van der Waals surface area contributed by atoms with Gasteiger partial charge in [-0.15, -0.1) is 0 Å². The van der Waals surface area contributed by atoms with Crippen molar-refractivity contribution in [2.24, 2.45) is 23.7 Å². The molecule has 2 aliphatic carbocycles. The van der Waals surface area contributed by atoms with Crippen molar-refractivity contribution in [3.8, 4) is 0 Å². The zero-order chi connectivity index (χ0) is 11.0. The van der Waals surface area contributed by atoms with Gasteiger partial charge in [0.15, 0.2) is 0 Å². The molecule has 0 spiro atoms. The van der Waals surface area contributed by atoms with Crippen LogP contribution in [0.3, 0.4) is 0 Å². The summed E-state index contributed by atoms with van der Waals surface area (Å²) < 4.78 is 0. The minimum absolute atomic E-state index is 0.746. The smallest absolute Gasteiger partial charge is 0.0130 e. The summed E-state index contributed by atoms with van der Waals surface area (Å²) in [6.45, 7) is 9.44. The molecule has 3 atom stereocenters. The van der Waals surface area contributed by atoms with Gasteiger partial charge < -0.3 is 0 Å². The minimum Gasteiger partial charge on any atom is -0.0853 e. The van der Waals surface area contributed by atoms with Gasteiger partial charge in [0.05, 0.1) is 0 Å². The van der Waals surface area contributed by atoms with Gasteiger partial charge >= 0.3 is 0 Å². The highest BCUT2D eigenvalue weighted by Crippen LogP contribution is 2.45. The molecule has 0 nitrogen and oxygen atoms in total. The SMILES string of the molecule is CC1=CCC2C(C)CC=C(C(C)C)C2C1. The van der Waals surface area contributed by atoms with Gasteiger partial charge in [-0.2, -0.15) is 0 Å². The highest BCUT2D eigenvalue weighted by atomic mass is 14.4. The molecule has 0 radical (unpaired) electrons. The molecule has 0 aromatic heterocycles. The Labute approximate surface area is 94.5 Å². The van der Waals surface area contributed by atoms with Crippen LogP contribution in [-0.4, -0.2) is 0 Å².